The predicted octanol–water partition coefficient (Wildman–Crippen LogP) is 3.72. The monoisotopic (exact) mass is 688 g/mol. The highest BCUT2D eigenvalue weighted by Crippen LogP contribution is 2.33. The van der Waals surface area contributed by atoms with Crippen LogP contribution in [0.2, 0.25) is 0 Å². The summed E-state index contributed by atoms with van der Waals surface area (Å²) in [5.74, 6) is -5.30. The molecule has 0 spiro atoms. The molecular formula is C32H42N4O8S2. The minimum Gasteiger partial charge on any atom is -0.487 e. The smallest absolute Gasteiger partial charge is 0.407 e. The number of amides is 1. The Labute approximate surface area is 293 Å². The fourth-order valence-electron chi connectivity index (χ4n) is 4.65. The van der Waals surface area contributed by atoms with E-state index in [-0.39, 0.29) is 40.0 Å². The molecule has 5 atom stereocenters. The summed E-state index contributed by atoms with van der Waals surface area (Å²) in [4.78, 5) is 17.0. The maximum Gasteiger partial charge on any atom is 0.407 e. The molecule has 12 nitrogen and oxygen atoms in total. The van der Waals surface area contributed by atoms with E-state index >= 15 is 0 Å². The zero-order chi connectivity index (χ0) is 45.1. The summed E-state index contributed by atoms with van der Waals surface area (Å²) >= 11 is 1.20. The number of thiazole rings is 1. The third-order valence-electron chi connectivity index (χ3n) is 6.95. The number of rotatable bonds is 14. The number of carbonyl (C=O) groups is 1. The molecule has 3 heterocycles. The van der Waals surface area contributed by atoms with Crippen molar-refractivity contribution < 1.29 is 56.5 Å². The van der Waals surface area contributed by atoms with Gasteiger partial charge in [0.25, 0.3) is 0 Å². The van der Waals surface area contributed by atoms with Gasteiger partial charge in [0, 0.05) is 36.4 Å². The molecule has 5 rings (SSSR count). The molecule has 2 aliphatic rings. The average Bonchev–Trinajstić information content (AvgIpc) is 3.82. The summed E-state index contributed by atoms with van der Waals surface area (Å²) in [7, 11) is -5.39. The van der Waals surface area contributed by atoms with Gasteiger partial charge in [0.05, 0.1) is 53.7 Å². The van der Waals surface area contributed by atoms with Crippen molar-refractivity contribution in [1.82, 2.24) is 14.6 Å². The largest absolute Gasteiger partial charge is 0.487 e. The van der Waals surface area contributed by atoms with Gasteiger partial charge in [-0.25, -0.2) is 18.2 Å². The maximum atomic E-state index is 14.3. The van der Waals surface area contributed by atoms with Gasteiger partial charge in [0.2, 0.25) is 10.0 Å². The lowest BCUT2D eigenvalue weighted by Crippen LogP contribution is -2.51. The molecule has 3 aromatic rings. The minimum atomic E-state index is -5.39. The summed E-state index contributed by atoms with van der Waals surface area (Å²) in [5.41, 5.74) is 5.98. The number of aromatic nitrogens is 1. The summed E-state index contributed by atoms with van der Waals surface area (Å²) in [5, 5.41) is 16.2. The number of hydrogen-bond acceptors (Lipinski definition) is 11. The molecule has 2 fully saturated rings. The first-order chi connectivity index (χ1) is 27.4. The molecule has 250 valence electrons. The van der Waals surface area contributed by atoms with Crippen molar-refractivity contribution in [3.05, 3.63) is 70.2 Å². The van der Waals surface area contributed by atoms with Crippen LogP contribution in [0.5, 0.6) is 5.75 Å². The Hall–Kier alpha value is -3.27. The van der Waals surface area contributed by atoms with E-state index < -0.39 is 104 Å². The van der Waals surface area contributed by atoms with E-state index in [0.29, 0.717) is 5.01 Å². The fourth-order valence-corrected chi connectivity index (χ4v) is 6.48. The Bertz CT molecular complexity index is 2110. The van der Waals surface area contributed by atoms with Crippen LogP contribution in [0.3, 0.4) is 0 Å². The van der Waals surface area contributed by atoms with Crippen molar-refractivity contribution in [3.63, 3.8) is 0 Å². The van der Waals surface area contributed by atoms with Gasteiger partial charge in [-0.3, -0.25) is 0 Å². The lowest BCUT2D eigenvalue weighted by molar-refractivity contribution is -0.0907. The Balaban J connectivity index is 1.54. The van der Waals surface area contributed by atoms with Crippen LogP contribution in [-0.4, -0.2) is 79.6 Å². The zero-order valence-electron chi connectivity index (χ0n) is 38.4. The van der Waals surface area contributed by atoms with Gasteiger partial charge in [0.1, 0.15) is 18.4 Å². The van der Waals surface area contributed by atoms with Gasteiger partial charge in [0.15, 0.2) is 6.29 Å². The van der Waals surface area contributed by atoms with Gasteiger partial charge in [-0.1, -0.05) is 25.8 Å². The van der Waals surface area contributed by atoms with E-state index in [1.54, 1.807) is 6.92 Å². The van der Waals surface area contributed by atoms with E-state index in [0.717, 1.165) is 24.3 Å². The molecular weight excluding hydrogens is 633 g/mol. The highest BCUT2D eigenvalue weighted by atomic mass is 32.2. The normalized spacial score (nSPS) is 29.5. The lowest BCUT2D eigenvalue weighted by atomic mass is 10.0. The summed E-state index contributed by atoms with van der Waals surface area (Å²) < 4.78 is 165. The second-order valence-corrected chi connectivity index (χ2v) is 13.2. The molecule has 2 aliphatic heterocycles. The highest BCUT2D eigenvalue weighted by molar-refractivity contribution is 7.89. The molecule has 2 aromatic carbocycles. The van der Waals surface area contributed by atoms with E-state index in [1.165, 1.54) is 41.0 Å². The number of alkyl carbamates (subject to hydrolysis) is 1. The van der Waals surface area contributed by atoms with Crippen molar-refractivity contribution in [3.8, 4) is 5.75 Å². The van der Waals surface area contributed by atoms with Crippen LogP contribution in [0, 0.1) is 18.7 Å². The standard InChI is InChI=1S/C32H42N4O8S2/c1-20(2)15-36(46(39,40)26-10-6-23(33)7-11-26)16-29(37)28(35-32(38)44-30-18-43-31-27(30)12-13-41-31)14-22-4-8-25(9-5-22)42-17-24-19-45-21(3)34-24/h4-11,19-20,27-31,37H,12-18,33H2,1-3H3,(H,35,38)/t27-,28-,29+,30-,31+/m0/s1/i1D3,2D3,15D2,17D2,18D2,20D,30D. The highest BCUT2D eigenvalue weighted by Gasteiger charge is 2.44. The molecule has 46 heavy (non-hydrogen) atoms. The average molecular weight is 689 g/mol. The number of aliphatic hydroxyl groups excluding tert-OH is 1. The van der Waals surface area contributed by atoms with Crippen LogP contribution in [0.4, 0.5) is 10.5 Å². The van der Waals surface area contributed by atoms with Crippen LogP contribution in [-0.2, 0) is 37.2 Å². The third kappa shape index (κ3) is 8.75. The van der Waals surface area contributed by atoms with Crippen LogP contribution in [0.1, 0.15) is 55.6 Å². The van der Waals surface area contributed by atoms with Gasteiger partial charge >= 0.3 is 6.09 Å². The van der Waals surface area contributed by atoms with E-state index in [9.17, 15) is 18.3 Å². The predicted molar refractivity (Wildman–Crippen MR) is 173 cm³/mol. The van der Waals surface area contributed by atoms with Gasteiger partial charge in [-0.05, 0) is 67.6 Å². The number of fused-ring (bicyclic) bond motifs is 1. The number of nitrogens with one attached hydrogen (secondary N) is 1. The Morgan fingerprint density at radius 3 is 2.76 bits per heavy atom. The number of aryl methyl sites for hydroxylation is 1. The zero-order valence-corrected chi connectivity index (χ0v) is 26.1. The lowest BCUT2D eigenvalue weighted by Gasteiger charge is -2.31. The van der Waals surface area contributed by atoms with Crippen molar-refractivity contribution >= 4 is 33.1 Å². The molecule has 0 unspecified atom stereocenters. The Kier molecular flexibility index (Phi) is 6.62. The Morgan fingerprint density at radius 1 is 1.30 bits per heavy atom. The number of nitrogen functional groups attached to an aromatic ring is 1. The van der Waals surface area contributed by atoms with Gasteiger partial charge in [-0.15, -0.1) is 11.3 Å². The molecule has 14 heteroatoms. The van der Waals surface area contributed by atoms with Gasteiger partial charge < -0.3 is 35.1 Å². The summed E-state index contributed by atoms with van der Waals surface area (Å²) in [6.45, 7) is -17.3. The molecule has 1 aromatic heterocycles. The number of sulfonamides is 1. The first kappa shape index (κ1) is 20.2. The van der Waals surface area contributed by atoms with Crippen LogP contribution >= 0.6 is 11.3 Å². The molecule has 0 aliphatic carbocycles. The summed E-state index contributed by atoms with van der Waals surface area (Å²) in [6.07, 6.45) is -8.26. The van der Waals surface area contributed by atoms with Crippen LogP contribution in [0.25, 0.3) is 0 Å². The molecule has 0 radical (unpaired) electrons. The maximum absolute atomic E-state index is 14.3. The number of benzene rings is 2. The van der Waals surface area contributed by atoms with E-state index in [2.05, 4.69) is 10.3 Å². The molecule has 0 saturated carbocycles. The molecule has 0 bridgehead atoms. The Morgan fingerprint density at radius 2 is 2.07 bits per heavy atom. The molecule has 2 saturated heterocycles. The second kappa shape index (κ2) is 15.1. The van der Waals surface area contributed by atoms with Crippen LogP contribution in [0.15, 0.2) is 58.8 Å². The number of aliphatic hydroxyl groups is 1. The van der Waals surface area contributed by atoms with E-state index in [1.807, 2.05) is 0 Å². The van der Waals surface area contributed by atoms with Crippen molar-refractivity contribution in [1.29, 1.82) is 0 Å². The fraction of sp³-hybridized carbons (Fsp3) is 0.500. The quantitative estimate of drug-likeness (QED) is 0.213. The van der Waals surface area contributed by atoms with Crippen molar-refractivity contribution in [2.24, 2.45) is 11.8 Å². The molecule has 4 N–H and O–H groups in total. The topological polar surface area (TPSA) is 163 Å². The second-order valence-electron chi connectivity index (χ2n) is 10.3. The van der Waals surface area contributed by atoms with Crippen LogP contribution < -0.4 is 15.8 Å². The molecule has 1 amide bonds. The number of hydrogen-bond donors (Lipinski definition) is 3. The summed E-state index contributed by atoms with van der Waals surface area (Å²) in [6, 6.07) is 7.55. The number of ether oxygens (including phenoxy) is 4. The number of nitrogens with zero attached hydrogens (tertiary/aromatic N) is 2. The van der Waals surface area contributed by atoms with Crippen molar-refractivity contribution in [2.45, 2.75) is 69.4 Å². The van der Waals surface area contributed by atoms with E-state index in [4.69, 9.17) is 43.9 Å². The number of nitrogens with two attached hydrogens (primary N) is 1. The third-order valence-corrected chi connectivity index (χ3v) is 9.41. The first-order valence-corrected chi connectivity index (χ1v) is 16.3. The first-order valence-electron chi connectivity index (χ1n) is 20.9. The SMILES string of the molecule is [2H]C([2H])(Oc1ccc(C[C@H](NC(=O)O[C@]2([2H])[C@@H]3CCO[C@@H]3OC2([2H])[2H])[C@H](O)CN(C([2H])([2H])C([2H])(C([2H])([2H])[2H])C([2H])([2H])[2H])S(=O)(=O)c2ccc(N)cc2)cc1)c1csc(C)n1. The number of anilines is 1. The van der Waals surface area contributed by atoms with Gasteiger partial charge in [-0.2, -0.15) is 4.31 Å². The minimum absolute atomic E-state index is 0.00176. The van der Waals surface area contributed by atoms with Crippen molar-refractivity contribution in [2.75, 3.05) is 31.9 Å². The number of carbonyl (C=O) groups excluding carboxylic acids is 1.